The molecule has 1 aromatic heterocycles. The highest BCUT2D eigenvalue weighted by atomic mass is 16.5. The van der Waals surface area contributed by atoms with Gasteiger partial charge in [-0.15, -0.1) is 0 Å². The quantitative estimate of drug-likeness (QED) is 0.774. The monoisotopic (exact) mass is 323 g/mol. The average molecular weight is 323 g/mol. The van der Waals surface area contributed by atoms with Crippen molar-refractivity contribution in [2.45, 2.75) is 20.0 Å². The van der Waals surface area contributed by atoms with Crippen LogP contribution < -0.4 is 10.2 Å². The second-order valence-corrected chi connectivity index (χ2v) is 5.99. The Morgan fingerprint density at radius 2 is 1.88 bits per heavy atom. The van der Waals surface area contributed by atoms with Gasteiger partial charge in [0.25, 0.3) is 0 Å². The molecule has 4 nitrogen and oxygen atoms in total. The fourth-order valence-corrected chi connectivity index (χ4v) is 2.81. The molecule has 0 bridgehead atoms. The van der Waals surface area contributed by atoms with Gasteiger partial charge in [0.1, 0.15) is 11.9 Å². The lowest BCUT2D eigenvalue weighted by Crippen LogP contribution is -2.17. The summed E-state index contributed by atoms with van der Waals surface area (Å²) < 4.78 is 10.9. The number of H-pyrrole nitrogens is 1. The first-order chi connectivity index (χ1) is 11.6. The molecule has 1 unspecified atom stereocenters. The fraction of sp³-hybridized carbons (Fsp3) is 0.250. The van der Waals surface area contributed by atoms with Gasteiger partial charge in [-0.2, -0.15) is 0 Å². The van der Waals surface area contributed by atoms with E-state index in [1.165, 1.54) is 0 Å². The zero-order valence-electron chi connectivity index (χ0n) is 14.1. The van der Waals surface area contributed by atoms with Crippen molar-refractivity contribution in [3.05, 3.63) is 64.4 Å². The number of hydrogen-bond acceptors (Lipinski definition) is 3. The van der Waals surface area contributed by atoms with Crippen molar-refractivity contribution >= 4 is 10.9 Å². The molecule has 0 amide bonds. The molecule has 1 N–H and O–H groups in total. The standard InChI is InChI=1S/C20H21NO3/c1-13-9-20(22)18-11-16(7-8-19(18)21-13)15-5-4-6-17(10-15)24-14(2)12-23-3/h4-11,14H,12H2,1-3H3,(H,21,22). The van der Waals surface area contributed by atoms with Crippen LogP contribution in [0.4, 0.5) is 0 Å². The highest BCUT2D eigenvalue weighted by molar-refractivity contribution is 5.84. The van der Waals surface area contributed by atoms with Gasteiger partial charge in [0.15, 0.2) is 5.43 Å². The molecule has 0 saturated carbocycles. The molecule has 124 valence electrons. The highest BCUT2D eigenvalue weighted by Gasteiger charge is 2.07. The molecule has 0 saturated heterocycles. The van der Waals surface area contributed by atoms with E-state index in [1.807, 2.05) is 56.3 Å². The fourth-order valence-electron chi connectivity index (χ4n) is 2.81. The summed E-state index contributed by atoms with van der Waals surface area (Å²) >= 11 is 0. The molecule has 0 aliphatic rings. The molecule has 3 rings (SSSR count). The van der Waals surface area contributed by atoms with Crippen molar-refractivity contribution in [3.63, 3.8) is 0 Å². The van der Waals surface area contributed by atoms with Crippen LogP contribution in [0.15, 0.2) is 53.3 Å². The van der Waals surface area contributed by atoms with Gasteiger partial charge in [-0.05, 0) is 49.2 Å². The minimum Gasteiger partial charge on any atom is -0.488 e. The van der Waals surface area contributed by atoms with E-state index in [4.69, 9.17) is 9.47 Å². The van der Waals surface area contributed by atoms with Gasteiger partial charge in [0.05, 0.1) is 6.61 Å². The molecular formula is C20H21NO3. The van der Waals surface area contributed by atoms with Crippen molar-refractivity contribution < 1.29 is 9.47 Å². The molecule has 0 fully saturated rings. The lowest BCUT2D eigenvalue weighted by Gasteiger charge is -2.14. The third kappa shape index (κ3) is 3.49. The van der Waals surface area contributed by atoms with Crippen LogP contribution in [-0.4, -0.2) is 24.8 Å². The number of aromatic amines is 1. The van der Waals surface area contributed by atoms with Gasteiger partial charge in [0.2, 0.25) is 0 Å². The van der Waals surface area contributed by atoms with E-state index in [1.54, 1.807) is 13.2 Å². The Bertz CT molecular complexity index is 914. The van der Waals surface area contributed by atoms with E-state index in [9.17, 15) is 4.79 Å². The Balaban J connectivity index is 1.97. The van der Waals surface area contributed by atoms with Crippen molar-refractivity contribution in [1.29, 1.82) is 0 Å². The van der Waals surface area contributed by atoms with Gasteiger partial charge < -0.3 is 14.5 Å². The number of nitrogens with one attached hydrogen (secondary N) is 1. The van der Waals surface area contributed by atoms with E-state index in [0.29, 0.717) is 12.0 Å². The number of benzene rings is 2. The minimum atomic E-state index is -0.0207. The topological polar surface area (TPSA) is 51.3 Å². The van der Waals surface area contributed by atoms with Crippen molar-refractivity contribution in [2.24, 2.45) is 0 Å². The third-order valence-corrected chi connectivity index (χ3v) is 3.87. The van der Waals surface area contributed by atoms with Crippen LogP contribution in [0.1, 0.15) is 12.6 Å². The molecule has 3 aromatic rings. The summed E-state index contributed by atoms with van der Waals surface area (Å²) in [7, 11) is 1.66. The first kappa shape index (κ1) is 16.3. The Morgan fingerprint density at radius 1 is 1.08 bits per heavy atom. The second-order valence-electron chi connectivity index (χ2n) is 5.99. The number of aromatic nitrogens is 1. The number of pyridine rings is 1. The number of hydrogen-bond donors (Lipinski definition) is 1. The summed E-state index contributed by atoms with van der Waals surface area (Å²) in [4.78, 5) is 15.4. The van der Waals surface area contributed by atoms with Crippen LogP contribution in [0, 0.1) is 6.92 Å². The summed E-state index contributed by atoms with van der Waals surface area (Å²) in [6.07, 6.45) is -0.0207. The van der Waals surface area contributed by atoms with Gasteiger partial charge in [0, 0.05) is 29.8 Å². The molecule has 24 heavy (non-hydrogen) atoms. The summed E-state index contributed by atoms with van der Waals surface area (Å²) in [6.45, 7) is 4.39. The highest BCUT2D eigenvalue weighted by Crippen LogP contribution is 2.26. The van der Waals surface area contributed by atoms with Crippen molar-refractivity contribution in [3.8, 4) is 16.9 Å². The van der Waals surface area contributed by atoms with E-state index in [0.717, 1.165) is 28.1 Å². The maximum atomic E-state index is 12.2. The number of aryl methyl sites for hydroxylation is 1. The Kier molecular flexibility index (Phi) is 4.67. The predicted molar refractivity (Wildman–Crippen MR) is 96.7 cm³/mol. The van der Waals surface area contributed by atoms with Crippen LogP contribution in [0.25, 0.3) is 22.0 Å². The maximum Gasteiger partial charge on any atom is 0.189 e. The molecule has 2 aromatic carbocycles. The van der Waals surface area contributed by atoms with Gasteiger partial charge in [-0.1, -0.05) is 18.2 Å². The smallest absolute Gasteiger partial charge is 0.189 e. The first-order valence-corrected chi connectivity index (χ1v) is 7.96. The third-order valence-electron chi connectivity index (χ3n) is 3.87. The van der Waals surface area contributed by atoms with Crippen LogP contribution in [0.3, 0.4) is 0 Å². The van der Waals surface area contributed by atoms with E-state index >= 15 is 0 Å². The van der Waals surface area contributed by atoms with Crippen LogP contribution in [-0.2, 0) is 4.74 Å². The zero-order valence-corrected chi connectivity index (χ0v) is 14.1. The summed E-state index contributed by atoms with van der Waals surface area (Å²) in [5.41, 5.74) is 3.75. The largest absolute Gasteiger partial charge is 0.488 e. The molecule has 0 radical (unpaired) electrons. The average Bonchev–Trinajstić information content (AvgIpc) is 2.55. The molecule has 1 atom stereocenters. The van der Waals surface area contributed by atoms with Crippen molar-refractivity contribution in [1.82, 2.24) is 4.98 Å². The van der Waals surface area contributed by atoms with E-state index in [2.05, 4.69) is 4.98 Å². The zero-order chi connectivity index (χ0) is 17.1. The summed E-state index contributed by atoms with van der Waals surface area (Å²) in [5, 5.41) is 0.692. The number of ether oxygens (including phenoxy) is 2. The predicted octanol–water partition coefficient (Wildman–Crippen LogP) is 3.92. The lowest BCUT2D eigenvalue weighted by molar-refractivity contribution is 0.0921. The van der Waals surface area contributed by atoms with Gasteiger partial charge >= 0.3 is 0 Å². The van der Waals surface area contributed by atoms with Crippen LogP contribution in [0.2, 0.25) is 0 Å². The molecular weight excluding hydrogens is 302 g/mol. The second kappa shape index (κ2) is 6.89. The summed E-state index contributed by atoms with van der Waals surface area (Å²) in [5.74, 6) is 0.787. The Hall–Kier alpha value is -2.59. The Morgan fingerprint density at radius 3 is 2.67 bits per heavy atom. The number of rotatable bonds is 5. The van der Waals surface area contributed by atoms with E-state index < -0.39 is 0 Å². The maximum absolute atomic E-state index is 12.2. The molecule has 0 aliphatic carbocycles. The number of methoxy groups -OCH3 is 1. The molecule has 4 heteroatoms. The van der Waals surface area contributed by atoms with Gasteiger partial charge in [-0.3, -0.25) is 4.79 Å². The van der Waals surface area contributed by atoms with Crippen LogP contribution in [0.5, 0.6) is 5.75 Å². The summed E-state index contributed by atoms with van der Waals surface area (Å²) in [6, 6.07) is 15.4. The minimum absolute atomic E-state index is 0.0207. The van der Waals surface area contributed by atoms with E-state index in [-0.39, 0.29) is 11.5 Å². The van der Waals surface area contributed by atoms with Crippen LogP contribution >= 0.6 is 0 Å². The Labute approximate surface area is 141 Å². The normalized spacial score (nSPS) is 12.3. The number of fused-ring (bicyclic) bond motifs is 1. The molecule has 0 spiro atoms. The molecule has 0 aliphatic heterocycles. The molecule has 1 heterocycles. The first-order valence-electron chi connectivity index (χ1n) is 7.96. The van der Waals surface area contributed by atoms with Gasteiger partial charge in [-0.25, -0.2) is 0 Å². The SMILES string of the molecule is COCC(C)Oc1cccc(-c2ccc3[nH]c(C)cc(=O)c3c2)c1. The lowest BCUT2D eigenvalue weighted by atomic mass is 10.0. The van der Waals surface area contributed by atoms with Crippen molar-refractivity contribution in [2.75, 3.05) is 13.7 Å².